The number of aliphatic hydroxyl groups is 1. The number of rotatable bonds is 3. The van der Waals surface area contributed by atoms with Crippen molar-refractivity contribution in [3.8, 4) is 0 Å². The third-order valence-corrected chi connectivity index (χ3v) is 5.49. The monoisotopic (exact) mass is 317 g/mol. The maximum absolute atomic E-state index is 13.2. The molecular formula is C17H29F2NO2. The predicted octanol–water partition coefficient (Wildman–Crippen LogP) is 3.50. The lowest BCUT2D eigenvalue weighted by atomic mass is 9.66. The van der Waals surface area contributed by atoms with Crippen LogP contribution in [0.2, 0.25) is 0 Å². The minimum Gasteiger partial charge on any atom is -0.380 e. The van der Waals surface area contributed by atoms with Gasteiger partial charge in [0, 0.05) is 18.9 Å². The molecule has 2 rings (SSSR count). The summed E-state index contributed by atoms with van der Waals surface area (Å²) >= 11 is 0. The van der Waals surface area contributed by atoms with Crippen molar-refractivity contribution < 1.29 is 18.7 Å². The van der Waals surface area contributed by atoms with Gasteiger partial charge in [-0.15, -0.1) is 0 Å². The zero-order valence-corrected chi connectivity index (χ0v) is 13.9. The van der Waals surface area contributed by atoms with E-state index in [0.29, 0.717) is 12.3 Å². The Morgan fingerprint density at radius 2 is 1.77 bits per heavy atom. The summed E-state index contributed by atoms with van der Waals surface area (Å²) in [5.74, 6) is -2.49. The van der Waals surface area contributed by atoms with E-state index < -0.39 is 11.5 Å². The summed E-state index contributed by atoms with van der Waals surface area (Å²) in [5.41, 5.74) is -1.36. The molecule has 22 heavy (non-hydrogen) atoms. The first kappa shape index (κ1) is 17.6. The van der Waals surface area contributed by atoms with Gasteiger partial charge in [-0.2, -0.15) is 0 Å². The summed E-state index contributed by atoms with van der Waals surface area (Å²) in [6, 6.07) is -0.235. The second kappa shape index (κ2) is 6.42. The molecule has 3 atom stereocenters. The summed E-state index contributed by atoms with van der Waals surface area (Å²) in [5, 5.41) is 13.9. The number of alkyl halides is 2. The fourth-order valence-corrected chi connectivity index (χ4v) is 4.13. The third-order valence-electron chi connectivity index (χ3n) is 5.49. The van der Waals surface area contributed by atoms with Crippen LogP contribution in [0.5, 0.6) is 0 Å². The van der Waals surface area contributed by atoms with Gasteiger partial charge in [-0.3, -0.25) is 4.79 Å². The molecule has 0 heterocycles. The molecular weight excluding hydrogens is 288 g/mol. The fraction of sp³-hybridized carbons (Fsp3) is 0.941. The first-order chi connectivity index (χ1) is 10.1. The summed E-state index contributed by atoms with van der Waals surface area (Å²) in [4.78, 5) is 12.7. The minimum atomic E-state index is -2.60. The van der Waals surface area contributed by atoms with Gasteiger partial charge in [0.05, 0.1) is 0 Å². The van der Waals surface area contributed by atoms with E-state index >= 15 is 0 Å². The van der Waals surface area contributed by atoms with Crippen molar-refractivity contribution in [3.63, 3.8) is 0 Å². The van der Waals surface area contributed by atoms with E-state index in [9.17, 15) is 18.7 Å². The Kier molecular flexibility index (Phi) is 5.15. The Bertz CT molecular complexity index is 403. The van der Waals surface area contributed by atoms with E-state index in [1.54, 1.807) is 0 Å². The van der Waals surface area contributed by atoms with E-state index in [4.69, 9.17) is 0 Å². The Hall–Kier alpha value is -0.710. The molecule has 0 aromatic carbocycles. The smallest absolute Gasteiger partial charge is 0.252 e. The molecule has 0 spiro atoms. The molecule has 2 saturated carbocycles. The van der Waals surface area contributed by atoms with E-state index in [1.807, 2.05) is 13.8 Å². The van der Waals surface area contributed by atoms with Crippen molar-refractivity contribution in [1.82, 2.24) is 5.32 Å². The summed E-state index contributed by atoms with van der Waals surface area (Å²) in [7, 11) is 0. The predicted molar refractivity (Wildman–Crippen MR) is 81.6 cm³/mol. The summed E-state index contributed by atoms with van der Waals surface area (Å²) < 4.78 is 26.4. The number of amides is 1. The van der Waals surface area contributed by atoms with Crippen LogP contribution in [0.25, 0.3) is 0 Å². The first-order valence-corrected chi connectivity index (χ1v) is 8.55. The largest absolute Gasteiger partial charge is 0.380 e. The summed E-state index contributed by atoms with van der Waals surface area (Å²) in [6.07, 6.45) is 2.54. The number of nitrogens with one attached hydrogen (secondary N) is 1. The Morgan fingerprint density at radius 3 is 2.32 bits per heavy atom. The van der Waals surface area contributed by atoms with Crippen LogP contribution >= 0.6 is 0 Å². The topological polar surface area (TPSA) is 49.3 Å². The summed E-state index contributed by atoms with van der Waals surface area (Å²) in [6.45, 7) is 6.11. The zero-order chi connectivity index (χ0) is 16.5. The van der Waals surface area contributed by atoms with Crippen molar-refractivity contribution in [2.24, 2.45) is 17.8 Å². The van der Waals surface area contributed by atoms with Crippen molar-refractivity contribution in [2.45, 2.75) is 83.3 Å². The molecule has 1 amide bonds. The lowest BCUT2D eigenvalue weighted by molar-refractivity contribution is -0.157. The van der Waals surface area contributed by atoms with Crippen LogP contribution in [0.15, 0.2) is 0 Å². The Morgan fingerprint density at radius 1 is 1.18 bits per heavy atom. The van der Waals surface area contributed by atoms with E-state index in [0.717, 1.165) is 12.8 Å². The van der Waals surface area contributed by atoms with Crippen LogP contribution < -0.4 is 5.32 Å². The lowest BCUT2D eigenvalue weighted by Gasteiger charge is -2.44. The van der Waals surface area contributed by atoms with Crippen molar-refractivity contribution in [3.05, 3.63) is 0 Å². The molecule has 3 nitrogen and oxygen atoms in total. The number of carbonyl (C=O) groups excluding carboxylic acids is 1. The minimum absolute atomic E-state index is 0.0614. The zero-order valence-electron chi connectivity index (χ0n) is 13.9. The number of halogens is 2. The van der Waals surface area contributed by atoms with Crippen LogP contribution in [0.3, 0.4) is 0 Å². The van der Waals surface area contributed by atoms with Gasteiger partial charge in [-0.05, 0) is 43.4 Å². The molecule has 0 aliphatic heterocycles. The van der Waals surface area contributed by atoms with Crippen LogP contribution in [0.1, 0.15) is 65.7 Å². The third kappa shape index (κ3) is 3.79. The fourth-order valence-electron chi connectivity index (χ4n) is 4.13. The molecule has 128 valence electrons. The Labute approximate surface area is 131 Å². The van der Waals surface area contributed by atoms with Gasteiger partial charge in [0.15, 0.2) is 0 Å². The van der Waals surface area contributed by atoms with Gasteiger partial charge in [0.1, 0.15) is 5.60 Å². The lowest BCUT2D eigenvalue weighted by Crippen LogP contribution is -2.58. The second-order valence-corrected chi connectivity index (χ2v) is 7.77. The molecule has 0 bridgehead atoms. The molecule has 5 heteroatoms. The highest BCUT2D eigenvalue weighted by atomic mass is 19.3. The van der Waals surface area contributed by atoms with Gasteiger partial charge in [0.2, 0.25) is 5.92 Å². The van der Waals surface area contributed by atoms with E-state index in [-0.39, 0.29) is 49.5 Å². The van der Waals surface area contributed by atoms with Gasteiger partial charge in [0.25, 0.3) is 5.91 Å². The van der Waals surface area contributed by atoms with Crippen molar-refractivity contribution in [2.75, 3.05) is 0 Å². The van der Waals surface area contributed by atoms with Gasteiger partial charge < -0.3 is 10.4 Å². The van der Waals surface area contributed by atoms with E-state index in [1.165, 1.54) is 0 Å². The second-order valence-electron chi connectivity index (χ2n) is 7.77. The molecule has 0 aromatic rings. The quantitative estimate of drug-likeness (QED) is 0.837. The van der Waals surface area contributed by atoms with Gasteiger partial charge in [-0.1, -0.05) is 27.2 Å². The SMILES string of the molecule is CC1CCC(C(C)C)C(O)(C(=O)NC2CCC(F)(F)CC2)C1. The highest BCUT2D eigenvalue weighted by Gasteiger charge is 2.49. The van der Waals surface area contributed by atoms with E-state index in [2.05, 4.69) is 12.2 Å². The average Bonchev–Trinajstić information content (AvgIpc) is 2.40. The van der Waals surface area contributed by atoms with Gasteiger partial charge >= 0.3 is 0 Å². The molecule has 0 saturated heterocycles. The van der Waals surface area contributed by atoms with Crippen LogP contribution in [-0.2, 0) is 4.79 Å². The molecule has 0 aromatic heterocycles. The molecule has 2 N–H and O–H groups in total. The number of hydrogen-bond acceptors (Lipinski definition) is 2. The van der Waals surface area contributed by atoms with Crippen LogP contribution in [0.4, 0.5) is 8.78 Å². The maximum atomic E-state index is 13.2. The highest BCUT2D eigenvalue weighted by molar-refractivity contribution is 5.85. The normalized spacial score (nSPS) is 36.3. The first-order valence-electron chi connectivity index (χ1n) is 8.55. The molecule has 2 aliphatic rings. The average molecular weight is 317 g/mol. The van der Waals surface area contributed by atoms with Crippen LogP contribution in [-0.4, -0.2) is 28.6 Å². The molecule has 3 unspecified atom stereocenters. The van der Waals surface area contributed by atoms with Crippen molar-refractivity contribution >= 4 is 5.91 Å². The Balaban J connectivity index is 2.02. The molecule has 0 radical (unpaired) electrons. The number of carbonyl (C=O) groups is 1. The standard InChI is InChI=1S/C17H29F2NO2/c1-11(2)14-5-4-12(3)10-17(14,22)15(21)20-13-6-8-16(18,19)9-7-13/h11-14,22H,4-10H2,1-3H3,(H,20,21). The van der Waals surface area contributed by atoms with Gasteiger partial charge in [-0.25, -0.2) is 8.78 Å². The molecule has 2 fully saturated rings. The highest BCUT2D eigenvalue weighted by Crippen LogP contribution is 2.41. The molecule has 2 aliphatic carbocycles. The van der Waals surface area contributed by atoms with Crippen molar-refractivity contribution in [1.29, 1.82) is 0 Å². The van der Waals surface area contributed by atoms with Crippen LogP contribution in [0, 0.1) is 17.8 Å². The maximum Gasteiger partial charge on any atom is 0.252 e. The number of hydrogen-bond donors (Lipinski definition) is 2.